The number of ether oxygens (including phenoxy) is 1. The summed E-state index contributed by atoms with van der Waals surface area (Å²) in [5, 5.41) is 29.5. The molecule has 0 aliphatic heterocycles. The van der Waals surface area contributed by atoms with Gasteiger partial charge in [0.25, 0.3) is 0 Å². The third kappa shape index (κ3) is 6.83. The van der Waals surface area contributed by atoms with Crippen LogP contribution in [0.1, 0.15) is 22.3 Å². The summed E-state index contributed by atoms with van der Waals surface area (Å²) in [7, 11) is 1.52. The van der Waals surface area contributed by atoms with Crippen molar-refractivity contribution in [2.45, 2.75) is 6.54 Å². The fraction of sp³-hybridized carbons (Fsp3) is 0.0833. The molecule has 6 heteroatoms. The first-order valence-electron chi connectivity index (χ1n) is 9.13. The lowest BCUT2D eigenvalue weighted by Crippen LogP contribution is -2.56. The third-order valence-electron chi connectivity index (χ3n) is 4.07. The van der Waals surface area contributed by atoms with Crippen LogP contribution in [0.2, 0.25) is 0 Å². The predicted octanol–water partition coefficient (Wildman–Crippen LogP) is 3.16. The molecule has 0 aliphatic carbocycles. The number of nitrogens with zero attached hydrogens (tertiary/aromatic N) is 1. The molecule has 0 fully saturated rings. The lowest BCUT2D eigenvalue weighted by Gasteiger charge is -2.04. The predicted molar refractivity (Wildman–Crippen MR) is 121 cm³/mol. The maximum Gasteiger partial charge on any atom is 0.161 e. The van der Waals surface area contributed by atoms with Crippen LogP contribution >= 0.6 is 0 Å². The molecule has 0 aliphatic rings. The van der Waals surface area contributed by atoms with Crippen molar-refractivity contribution in [3.05, 3.63) is 94.2 Å². The van der Waals surface area contributed by atoms with Crippen molar-refractivity contribution in [3.8, 4) is 17.2 Å². The maximum atomic E-state index is 10.1. The van der Waals surface area contributed by atoms with Crippen molar-refractivity contribution in [2.24, 2.45) is 4.99 Å². The Labute approximate surface area is 175 Å². The van der Waals surface area contributed by atoms with Crippen LogP contribution in [0.5, 0.6) is 17.2 Å². The molecule has 0 atom stereocenters. The standard InChI is InChI=1S/C23H21NO3.CH3NO/c1-27-23-14-18(10-12-22(23)26)8-7-17-9-11-21(25)20(13-17)16-24-15-19-5-3-2-4-6-19;1-2-3/h2-14,16,25-26H,15H2,1H3;2H,1H2/b8-7+,24-16+;. The summed E-state index contributed by atoms with van der Waals surface area (Å²) in [6.07, 6.45) is 5.53. The number of benzene rings is 3. The number of phenolic OH excluding ortho intramolecular Hbond substituents is 2. The maximum absolute atomic E-state index is 10.1. The van der Waals surface area contributed by atoms with Crippen LogP contribution in [0, 0.1) is 5.21 Å². The van der Waals surface area contributed by atoms with E-state index in [1.54, 1.807) is 30.5 Å². The SMILES string of the molecule is C=[NH+][O-].COc1cc(/C=C/c2ccc(O)c(/C=N/Cc3ccccc3)c2)ccc1O. The van der Waals surface area contributed by atoms with Gasteiger partial charge in [-0.3, -0.25) is 4.99 Å². The first-order valence-corrected chi connectivity index (χ1v) is 9.13. The third-order valence-corrected chi connectivity index (χ3v) is 4.07. The Bertz CT molecular complexity index is 1010. The van der Waals surface area contributed by atoms with Crippen molar-refractivity contribution >= 4 is 25.1 Å². The second-order valence-corrected chi connectivity index (χ2v) is 6.18. The number of aromatic hydroxyl groups is 2. The number of rotatable bonds is 6. The van der Waals surface area contributed by atoms with E-state index in [-0.39, 0.29) is 11.5 Å². The van der Waals surface area contributed by atoms with Gasteiger partial charge in [0, 0.05) is 11.8 Å². The van der Waals surface area contributed by atoms with Crippen molar-refractivity contribution in [1.29, 1.82) is 0 Å². The van der Waals surface area contributed by atoms with Crippen LogP contribution in [0.3, 0.4) is 0 Å². The van der Waals surface area contributed by atoms with E-state index in [0.717, 1.165) is 16.7 Å². The summed E-state index contributed by atoms with van der Waals surface area (Å²) < 4.78 is 5.12. The highest BCUT2D eigenvalue weighted by Crippen LogP contribution is 2.27. The van der Waals surface area contributed by atoms with E-state index in [1.807, 2.05) is 54.6 Å². The molecule has 0 saturated carbocycles. The number of hydrogen-bond donors (Lipinski definition) is 3. The zero-order valence-corrected chi connectivity index (χ0v) is 16.7. The van der Waals surface area contributed by atoms with E-state index in [1.165, 1.54) is 12.3 Å². The molecule has 30 heavy (non-hydrogen) atoms. The highest BCUT2D eigenvalue weighted by molar-refractivity contribution is 5.85. The van der Waals surface area contributed by atoms with Gasteiger partial charge in [0.2, 0.25) is 0 Å². The normalized spacial score (nSPS) is 10.6. The number of methoxy groups -OCH3 is 1. The largest absolute Gasteiger partial charge is 0.626 e. The Morgan fingerprint density at radius 2 is 1.57 bits per heavy atom. The molecule has 3 N–H and O–H groups in total. The molecule has 0 amide bonds. The highest BCUT2D eigenvalue weighted by atomic mass is 16.5. The lowest BCUT2D eigenvalue weighted by atomic mass is 10.1. The van der Waals surface area contributed by atoms with Crippen molar-refractivity contribution in [3.63, 3.8) is 0 Å². The molecule has 3 aromatic rings. The van der Waals surface area contributed by atoms with Gasteiger partial charge < -0.3 is 20.2 Å². The fourth-order valence-corrected chi connectivity index (χ4v) is 2.60. The van der Waals surface area contributed by atoms with E-state index in [2.05, 4.69) is 11.7 Å². The molecule has 0 bridgehead atoms. The number of nitrogens with one attached hydrogen (secondary N) is 1. The van der Waals surface area contributed by atoms with Gasteiger partial charge in [-0.1, -0.05) is 54.6 Å². The van der Waals surface area contributed by atoms with Crippen LogP contribution in [0.15, 0.2) is 71.7 Å². The van der Waals surface area contributed by atoms with Crippen LogP contribution in [0.4, 0.5) is 0 Å². The Hall–Kier alpha value is -4.06. The van der Waals surface area contributed by atoms with Crippen molar-refractivity contribution < 1.29 is 20.1 Å². The van der Waals surface area contributed by atoms with Crippen LogP contribution in [-0.4, -0.2) is 30.3 Å². The van der Waals surface area contributed by atoms with Crippen LogP contribution < -0.4 is 9.89 Å². The van der Waals surface area contributed by atoms with Crippen LogP contribution in [-0.2, 0) is 6.54 Å². The van der Waals surface area contributed by atoms with Crippen molar-refractivity contribution in [2.75, 3.05) is 7.11 Å². The van der Waals surface area contributed by atoms with Crippen molar-refractivity contribution in [1.82, 2.24) is 0 Å². The summed E-state index contributed by atoms with van der Waals surface area (Å²) in [4.78, 5) is 4.41. The van der Waals surface area contributed by atoms with Gasteiger partial charge in [-0.15, -0.1) is 0 Å². The minimum Gasteiger partial charge on any atom is -0.626 e. The average molecular weight is 404 g/mol. The second kappa shape index (κ2) is 11.7. The topological polar surface area (TPSA) is 99.1 Å². The highest BCUT2D eigenvalue weighted by Gasteiger charge is 2.02. The van der Waals surface area contributed by atoms with Gasteiger partial charge in [-0.2, -0.15) is 0 Å². The van der Waals surface area contributed by atoms with Gasteiger partial charge >= 0.3 is 0 Å². The first-order chi connectivity index (χ1) is 14.6. The number of phenols is 2. The van der Waals surface area contributed by atoms with E-state index in [9.17, 15) is 10.2 Å². The molecule has 3 rings (SSSR count). The molecule has 0 spiro atoms. The lowest BCUT2D eigenvalue weighted by molar-refractivity contribution is -0.361. The summed E-state index contributed by atoms with van der Waals surface area (Å²) in [5.74, 6) is 0.725. The zero-order chi connectivity index (χ0) is 21.8. The molecule has 0 aromatic heterocycles. The smallest absolute Gasteiger partial charge is 0.161 e. The minimum atomic E-state index is 0.108. The number of aliphatic imine (C=N–C) groups is 1. The Morgan fingerprint density at radius 3 is 2.20 bits per heavy atom. The summed E-state index contributed by atoms with van der Waals surface area (Å²) in [6.45, 7) is 3.24. The Kier molecular flexibility index (Phi) is 8.68. The van der Waals surface area contributed by atoms with Crippen LogP contribution in [0.25, 0.3) is 12.2 Å². The van der Waals surface area contributed by atoms with Gasteiger partial charge in [0.1, 0.15) is 12.5 Å². The Morgan fingerprint density at radius 1 is 0.967 bits per heavy atom. The molecule has 154 valence electrons. The van der Waals surface area contributed by atoms with Gasteiger partial charge in [0.15, 0.2) is 11.5 Å². The molecule has 0 unspecified atom stereocenters. The summed E-state index contributed by atoms with van der Waals surface area (Å²) in [6, 6.07) is 20.5. The van der Waals surface area contributed by atoms with E-state index >= 15 is 0 Å². The van der Waals surface area contributed by atoms with E-state index in [0.29, 0.717) is 17.9 Å². The van der Waals surface area contributed by atoms with Gasteiger partial charge in [0.05, 0.1) is 13.7 Å². The monoisotopic (exact) mass is 404 g/mol. The first kappa shape index (κ1) is 22.2. The molecule has 6 nitrogen and oxygen atoms in total. The summed E-state index contributed by atoms with van der Waals surface area (Å²) >= 11 is 0. The quantitative estimate of drug-likeness (QED) is 0.254. The van der Waals surface area contributed by atoms with Gasteiger partial charge in [-0.05, 0) is 41.0 Å². The van der Waals surface area contributed by atoms with E-state index < -0.39 is 0 Å². The second-order valence-electron chi connectivity index (χ2n) is 6.18. The van der Waals surface area contributed by atoms with E-state index in [4.69, 9.17) is 9.94 Å². The molecule has 0 radical (unpaired) electrons. The molecule has 3 aromatic carbocycles. The molecule has 0 heterocycles. The Balaban J connectivity index is 0.00000101. The van der Waals surface area contributed by atoms with Gasteiger partial charge in [-0.25, -0.2) is 5.16 Å². The molecular weight excluding hydrogens is 380 g/mol. The minimum absolute atomic E-state index is 0.108. The zero-order valence-electron chi connectivity index (χ0n) is 16.7. The fourth-order valence-electron chi connectivity index (χ4n) is 2.60. The number of hydrogen-bond acceptors (Lipinski definition) is 5. The molecule has 0 saturated heterocycles. The molecular formula is C24H24N2O4. The average Bonchev–Trinajstić information content (AvgIpc) is 2.76. The summed E-state index contributed by atoms with van der Waals surface area (Å²) in [5.41, 5.74) is 3.61.